The Morgan fingerprint density at radius 3 is 2.71 bits per heavy atom. The van der Waals surface area contributed by atoms with Crippen molar-refractivity contribution >= 4 is 23.2 Å². The number of aromatic carboxylic acids is 1. The molecule has 0 aliphatic rings. The van der Waals surface area contributed by atoms with Gasteiger partial charge in [0.25, 0.3) is 0 Å². The maximum absolute atomic E-state index is 11.2. The van der Waals surface area contributed by atoms with Crippen LogP contribution in [0.4, 0.5) is 5.88 Å². The van der Waals surface area contributed by atoms with E-state index in [1.54, 1.807) is 17.5 Å². The molecule has 0 fully saturated rings. The van der Waals surface area contributed by atoms with E-state index in [0.29, 0.717) is 4.88 Å². The van der Waals surface area contributed by atoms with Crippen LogP contribution in [0.5, 0.6) is 0 Å². The lowest BCUT2D eigenvalue weighted by atomic mass is 10.3. The number of hydrogen-bond donors (Lipinski definition) is 1. The summed E-state index contributed by atoms with van der Waals surface area (Å²) in [5, 5.41) is 21.6. The second kappa shape index (κ2) is 4.87. The van der Waals surface area contributed by atoms with Gasteiger partial charge >= 0.3 is 11.9 Å². The van der Waals surface area contributed by atoms with Crippen LogP contribution in [0.25, 0.3) is 22.3 Å². The molecule has 21 heavy (non-hydrogen) atoms. The van der Waals surface area contributed by atoms with Crippen LogP contribution in [0.3, 0.4) is 0 Å². The zero-order chi connectivity index (χ0) is 15.0. The first-order valence-corrected chi connectivity index (χ1v) is 6.47. The molecular weight excluding hydrogens is 300 g/mol. The summed E-state index contributed by atoms with van der Waals surface area (Å²) in [6.45, 7) is 0. The highest BCUT2D eigenvalue weighted by Crippen LogP contribution is 2.34. The van der Waals surface area contributed by atoms with Crippen molar-refractivity contribution in [3.05, 3.63) is 45.5 Å². The van der Waals surface area contributed by atoms with Crippen molar-refractivity contribution in [1.82, 2.24) is 4.98 Å². The van der Waals surface area contributed by atoms with E-state index in [0.717, 1.165) is 6.07 Å². The van der Waals surface area contributed by atoms with Gasteiger partial charge in [-0.05, 0) is 17.5 Å². The summed E-state index contributed by atoms with van der Waals surface area (Å²) in [5.41, 5.74) is -0.359. The van der Waals surface area contributed by atoms with E-state index in [1.165, 1.54) is 17.4 Å². The van der Waals surface area contributed by atoms with E-state index in [1.807, 2.05) is 0 Å². The zero-order valence-electron chi connectivity index (χ0n) is 10.2. The minimum atomic E-state index is -1.31. The molecule has 3 heterocycles. The highest BCUT2D eigenvalue weighted by molar-refractivity contribution is 7.13. The summed E-state index contributed by atoms with van der Waals surface area (Å²) < 4.78 is 10.4. The number of carboxylic acid groups (broad SMARTS) is 1. The maximum atomic E-state index is 11.2. The van der Waals surface area contributed by atoms with Crippen LogP contribution in [0, 0.1) is 10.1 Å². The fraction of sp³-hybridized carbons (Fsp3) is 0. The first-order valence-electron chi connectivity index (χ1n) is 5.59. The van der Waals surface area contributed by atoms with Crippen molar-refractivity contribution in [3.63, 3.8) is 0 Å². The lowest BCUT2D eigenvalue weighted by Crippen LogP contribution is -1.98. The zero-order valence-corrected chi connectivity index (χ0v) is 11.0. The summed E-state index contributed by atoms with van der Waals surface area (Å²) in [5.74, 6) is -1.91. The molecule has 0 aromatic carbocycles. The molecule has 0 saturated carbocycles. The molecule has 0 amide bonds. The Morgan fingerprint density at radius 2 is 2.14 bits per heavy atom. The molecule has 0 saturated heterocycles. The minimum absolute atomic E-state index is 0.0607. The van der Waals surface area contributed by atoms with Gasteiger partial charge in [0.1, 0.15) is 4.92 Å². The number of oxazole rings is 1. The first kappa shape index (κ1) is 13.1. The number of rotatable bonds is 4. The Balaban J connectivity index is 2.12. The molecule has 0 unspecified atom stereocenters. The highest BCUT2D eigenvalue weighted by Gasteiger charge is 2.26. The molecule has 0 aliphatic heterocycles. The number of aromatic nitrogens is 1. The van der Waals surface area contributed by atoms with Gasteiger partial charge in [-0.15, -0.1) is 11.3 Å². The normalized spacial score (nSPS) is 10.7. The summed E-state index contributed by atoms with van der Waals surface area (Å²) in [6.07, 6.45) is 0. The monoisotopic (exact) mass is 306 g/mol. The topological polar surface area (TPSA) is 120 Å². The maximum Gasteiger partial charge on any atom is 0.433 e. The number of furan rings is 1. The fourth-order valence-electron chi connectivity index (χ4n) is 1.69. The second-order valence-corrected chi connectivity index (χ2v) is 4.82. The number of carboxylic acids is 1. The van der Waals surface area contributed by atoms with Crippen molar-refractivity contribution in [3.8, 4) is 22.3 Å². The van der Waals surface area contributed by atoms with E-state index in [2.05, 4.69) is 4.98 Å². The van der Waals surface area contributed by atoms with Gasteiger partial charge in [-0.25, -0.2) is 9.78 Å². The van der Waals surface area contributed by atoms with Gasteiger partial charge in [0.2, 0.25) is 11.7 Å². The molecule has 1 N–H and O–H groups in total. The Hall–Kier alpha value is -2.94. The summed E-state index contributed by atoms with van der Waals surface area (Å²) >= 11 is 1.33. The third kappa shape index (κ3) is 2.30. The van der Waals surface area contributed by atoms with Crippen LogP contribution in [0.1, 0.15) is 10.5 Å². The van der Waals surface area contributed by atoms with Crippen LogP contribution >= 0.6 is 11.3 Å². The van der Waals surface area contributed by atoms with E-state index in [-0.39, 0.29) is 23.1 Å². The molecular formula is C12H6N2O6S. The van der Waals surface area contributed by atoms with Crippen molar-refractivity contribution < 1.29 is 23.7 Å². The van der Waals surface area contributed by atoms with E-state index >= 15 is 0 Å². The highest BCUT2D eigenvalue weighted by atomic mass is 32.1. The molecule has 3 aromatic rings. The smallest absolute Gasteiger partial charge is 0.433 e. The number of nitro groups is 1. The van der Waals surface area contributed by atoms with Gasteiger partial charge < -0.3 is 13.9 Å². The molecule has 0 bridgehead atoms. The van der Waals surface area contributed by atoms with E-state index in [4.69, 9.17) is 13.9 Å². The predicted octanol–water partition coefficient (Wildman–Crippen LogP) is 3.27. The molecule has 0 radical (unpaired) electrons. The molecule has 106 valence electrons. The molecule has 0 atom stereocenters. The Labute approximate surface area is 120 Å². The Morgan fingerprint density at radius 1 is 1.33 bits per heavy atom. The van der Waals surface area contributed by atoms with E-state index in [9.17, 15) is 14.9 Å². The Kier molecular flexibility index (Phi) is 3.03. The second-order valence-electron chi connectivity index (χ2n) is 3.87. The third-order valence-corrected chi connectivity index (χ3v) is 3.42. The standard InChI is InChI=1S/C12H6N2O6S/c15-12(16)9-10(6-3-4-8(19-6)14(17)18)20-11(13-9)7-2-1-5-21-7/h1-5H,(H,15,16). The number of nitrogens with zero attached hydrogens (tertiary/aromatic N) is 2. The average molecular weight is 306 g/mol. The van der Waals surface area contributed by atoms with Gasteiger partial charge in [0.15, 0.2) is 11.5 Å². The van der Waals surface area contributed by atoms with Crippen LogP contribution in [-0.4, -0.2) is 21.0 Å². The van der Waals surface area contributed by atoms with Crippen molar-refractivity contribution in [2.45, 2.75) is 0 Å². The van der Waals surface area contributed by atoms with Crippen LogP contribution in [0.2, 0.25) is 0 Å². The summed E-state index contributed by atoms with van der Waals surface area (Å²) in [6, 6.07) is 5.87. The van der Waals surface area contributed by atoms with Crippen molar-refractivity contribution in [2.24, 2.45) is 0 Å². The van der Waals surface area contributed by atoms with Crippen LogP contribution < -0.4 is 0 Å². The lowest BCUT2D eigenvalue weighted by molar-refractivity contribution is -0.401. The van der Waals surface area contributed by atoms with Crippen molar-refractivity contribution in [1.29, 1.82) is 0 Å². The Bertz CT molecular complexity index is 817. The van der Waals surface area contributed by atoms with Gasteiger partial charge in [0.05, 0.1) is 10.9 Å². The SMILES string of the molecule is O=C(O)c1nc(-c2cccs2)oc1-c1ccc([N+](=O)[O-])o1. The summed E-state index contributed by atoms with van der Waals surface area (Å²) in [4.78, 5) is 25.6. The van der Waals surface area contributed by atoms with E-state index < -0.39 is 16.8 Å². The fourth-order valence-corrected chi connectivity index (χ4v) is 2.33. The van der Waals surface area contributed by atoms with Gasteiger partial charge in [-0.2, -0.15) is 0 Å². The summed E-state index contributed by atoms with van der Waals surface area (Å²) in [7, 11) is 0. The minimum Gasteiger partial charge on any atom is -0.476 e. The molecule has 8 nitrogen and oxygen atoms in total. The molecule has 3 aromatic heterocycles. The van der Waals surface area contributed by atoms with Gasteiger partial charge in [0, 0.05) is 0 Å². The first-order chi connectivity index (χ1) is 10.1. The predicted molar refractivity (Wildman–Crippen MR) is 71.1 cm³/mol. The lowest BCUT2D eigenvalue weighted by Gasteiger charge is -1.91. The molecule has 0 spiro atoms. The largest absolute Gasteiger partial charge is 0.476 e. The number of hydrogen-bond acceptors (Lipinski definition) is 7. The van der Waals surface area contributed by atoms with Gasteiger partial charge in [-0.3, -0.25) is 10.1 Å². The third-order valence-electron chi connectivity index (χ3n) is 2.56. The van der Waals surface area contributed by atoms with Crippen LogP contribution in [-0.2, 0) is 0 Å². The number of thiophene rings is 1. The van der Waals surface area contributed by atoms with Gasteiger partial charge in [-0.1, -0.05) is 6.07 Å². The molecule has 3 rings (SSSR count). The molecule has 0 aliphatic carbocycles. The quantitative estimate of drug-likeness (QED) is 0.580. The van der Waals surface area contributed by atoms with Crippen molar-refractivity contribution in [2.75, 3.05) is 0 Å². The number of carbonyl (C=O) groups is 1. The average Bonchev–Trinajstić information content (AvgIpc) is 3.18. The molecule has 9 heteroatoms. The van der Waals surface area contributed by atoms with Crippen LogP contribution in [0.15, 0.2) is 38.5 Å².